The summed E-state index contributed by atoms with van der Waals surface area (Å²) in [6.45, 7) is 0.431. The van der Waals surface area contributed by atoms with Gasteiger partial charge in [0.1, 0.15) is 6.61 Å². The number of hydrogen-bond acceptors (Lipinski definition) is 4. The van der Waals surface area contributed by atoms with Crippen molar-refractivity contribution in [2.45, 2.75) is 0 Å². The number of benzene rings is 1. The average molecular weight is 253 g/mol. The van der Waals surface area contributed by atoms with E-state index in [4.69, 9.17) is 16.3 Å². The monoisotopic (exact) mass is 252 g/mol. The molecule has 0 atom stereocenters. The Kier molecular flexibility index (Phi) is 3.91. The third kappa shape index (κ3) is 3.05. The standard InChI is InChI=1S/C11H9ClN2OS/c12-10-11(14-16-13-10)15-8-4-7-9-5-2-1-3-6-9/h1-7H,8H2/b7-4+. The molecule has 82 valence electrons. The Bertz CT molecular complexity index is 470. The van der Waals surface area contributed by atoms with Crippen LogP contribution in [0.1, 0.15) is 5.56 Å². The lowest BCUT2D eigenvalue weighted by Gasteiger charge is -1.97. The van der Waals surface area contributed by atoms with Crippen LogP contribution in [0.25, 0.3) is 6.08 Å². The summed E-state index contributed by atoms with van der Waals surface area (Å²) >= 11 is 6.76. The Morgan fingerprint density at radius 3 is 2.75 bits per heavy atom. The van der Waals surface area contributed by atoms with Crippen molar-refractivity contribution in [1.82, 2.24) is 8.75 Å². The molecule has 0 amide bonds. The summed E-state index contributed by atoms with van der Waals surface area (Å²) in [6, 6.07) is 10.00. The van der Waals surface area contributed by atoms with Crippen LogP contribution in [-0.4, -0.2) is 15.4 Å². The van der Waals surface area contributed by atoms with Gasteiger partial charge in [0.25, 0.3) is 5.88 Å². The molecule has 5 heteroatoms. The second kappa shape index (κ2) is 5.63. The first-order valence-corrected chi connectivity index (χ1v) is 5.79. The number of hydrogen-bond donors (Lipinski definition) is 0. The van der Waals surface area contributed by atoms with Crippen LogP contribution >= 0.6 is 23.3 Å². The lowest BCUT2D eigenvalue weighted by atomic mass is 10.2. The largest absolute Gasteiger partial charge is 0.471 e. The number of halogens is 1. The number of aromatic nitrogens is 2. The predicted octanol–water partition coefficient (Wildman–Crippen LogP) is 3.28. The molecule has 0 saturated heterocycles. The Labute approximate surface area is 103 Å². The minimum Gasteiger partial charge on any atom is -0.471 e. The van der Waals surface area contributed by atoms with Gasteiger partial charge in [-0.25, -0.2) is 0 Å². The highest BCUT2D eigenvalue weighted by Gasteiger charge is 2.03. The van der Waals surface area contributed by atoms with Crippen LogP contribution in [0.5, 0.6) is 5.88 Å². The van der Waals surface area contributed by atoms with Crippen LogP contribution in [-0.2, 0) is 0 Å². The van der Waals surface area contributed by atoms with E-state index < -0.39 is 0 Å². The second-order valence-corrected chi connectivity index (χ2v) is 3.87. The van der Waals surface area contributed by atoms with Gasteiger partial charge < -0.3 is 4.74 Å². The molecule has 0 unspecified atom stereocenters. The minimum absolute atomic E-state index is 0.318. The lowest BCUT2D eigenvalue weighted by molar-refractivity contribution is 0.352. The van der Waals surface area contributed by atoms with Gasteiger partial charge in [0.2, 0.25) is 5.15 Å². The maximum absolute atomic E-state index is 5.72. The third-order valence-electron chi connectivity index (χ3n) is 1.85. The fraction of sp³-hybridized carbons (Fsp3) is 0.0909. The summed E-state index contributed by atoms with van der Waals surface area (Å²) in [5, 5.41) is 0.318. The van der Waals surface area contributed by atoms with E-state index in [-0.39, 0.29) is 0 Å². The fourth-order valence-corrected chi connectivity index (χ4v) is 1.77. The molecule has 0 N–H and O–H groups in total. The molecule has 1 aromatic carbocycles. The van der Waals surface area contributed by atoms with Gasteiger partial charge in [0.15, 0.2) is 0 Å². The van der Waals surface area contributed by atoms with Crippen molar-refractivity contribution < 1.29 is 4.74 Å². The highest BCUT2D eigenvalue weighted by atomic mass is 35.5. The molecule has 0 aliphatic rings. The van der Waals surface area contributed by atoms with Gasteiger partial charge in [-0.05, 0) is 11.6 Å². The minimum atomic E-state index is 0.318. The Balaban J connectivity index is 1.85. The van der Waals surface area contributed by atoms with Crippen molar-refractivity contribution in [3.63, 3.8) is 0 Å². The normalized spacial score (nSPS) is 10.8. The fourth-order valence-electron chi connectivity index (χ4n) is 1.13. The average Bonchev–Trinajstić information content (AvgIpc) is 2.72. The van der Waals surface area contributed by atoms with E-state index in [2.05, 4.69) is 8.75 Å². The summed E-state index contributed by atoms with van der Waals surface area (Å²) in [6.07, 6.45) is 3.89. The zero-order valence-corrected chi connectivity index (χ0v) is 9.91. The molecular formula is C11H9ClN2OS. The SMILES string of the molecule is Clc1nsnc1OC/C=C/c1ccccc1. The summed E-state index contributed by atoms with van der Waals surface area (Å²) in [7, 11) is 0. The molecule has 2 aromatic rings. The van der Waals surface area contributed by atoms with E-state index in [1.807, 2.05) is 42.5 Å². The van der Waals surface area contributed by atoms with Gasteiger partial charge in [-0.3, -0.25) is 0 Å². The van der Waals surface area contributed by atoms with E-state index >= 15 is 0 Å². The molecular weight excluding hydrogens is 244 g/mol. The van der Waals surface area contributed by atoms with Crippen molar-refractivity contribution in [2.75, 3.05) is 6.61 Å². The Hall–Kier alpha value is -1.39. The molecule has 1 heterocycles. The van der Waals surface area contributed by atoms with Crippen molar-refractivity contribution >= 4 is 29.4 Å². The van der Waals surface area contributed by atoms with Gasteiger partial charge in [-0.15, -0.1) is 4.37 Å². The quantitative estimate of drug-likeness (QED) is 0.838. The Morgan fingerprint density at radius 1 is 1.25 bits per heavy atom. The van der Waals surface area contributed by atoms with Crippen LogP contribution in [0.3, 0.4) is 0 Å². The van der Waals surface area contributed by atoms with Crippen molar-refractivity contribution in [2.24, 2.45) is 0 Å². The second-order valence-electron chi connectivity index (χ2n) is 2.98. The molecule has 0 bridgehead atoms. The molecule has 3 nitrogen and oxygen atoms in total. The van der Waals surface area contributed by atoms with Crippen molar-refractivity contribution in [3.8, 4) is 5.88 Å². The van der Waals surface area contributed by atoms with Gasteiger partial charge in [-0.2, -0.15) is 4.37 Å². The first-order chi connectivity index (χ1) is 7.86. The molecule has 2 rings (SSSR count). The van der Waals surface area contributed by atoms with E-state index in [1.165, 1.54) is 0 Å². The summed E-state index contributed by atoms with van der Waals surface area (Å²) in [5.74, 6) is 0.393. The molecule has 0 spiro atoms. The molecule has 0 aliphatic carbocycles. The summed E-state index contributed by atoms with van der Waals surface area (Å²) < 4.78 is 13.0. The zero-order chi connectivity index (χ0) is 11.2. The van der Waals surface area contributed by atoms with Crippen LogP contribution < -0.4 is 4.74 Å². The number of rotatable bonds is 4. The van der Waals surface area contributed by atoms with Crippen LogP contribution in [0.15, 0.2) is 36.4 Å². The Morgan fingerprint density at radius 2 is 2.06 bits per heavy atom. The van der Waals surface area contributed by atoms with Crippen LogP contribution in [0, 0.1) is 0 Å². The molecule has 0 saturated carbocycles. The van der Waals surface area contributed by atoms with Crippen LogP contribution in [0.4, 0.5) is 0 Å². The van der Waals surface area contributed by atoms with Gasteiger partial charge >= 0.3 is 0 Å². The van der Waals surface area contributed by atoms with Crippen LogP contribution in [0.2, 0.25) is 5.15 Å². The molecule has 0 radical (unpaired) electrons. The van der Waals surface area contributed by atoms with E-state index in [0.717, 1.165) is 17.3 Å². The maximum Gasteiger partial charge on any atom is 0.265 e. The highest BCUT2D eigenvalue weighted by Crippen LogP contribution is 2.20. The predicted molar refractivity (Wildman–Crippen MR) is 65.9 cm³/mol. The van der Waals surface area contributed by atoms with Gasteiger partial charge in [0, 0.05) is 0 Å². The van der Waals surface area contributed by atoms with E-state index in [0.29, 0.717) is 17.6 Å². The van der Waals surface area contributed by atoms with Gasteiger partial charge in [0.05, 0.1) is 11.7 Å². The molecule has 1 aromatic heterocycles. The zero-order valence-electron chi connectivity index (χ0n) is 8.34. The van der Waals surface area contributed by atoms with Crippen molar-refractivity contribution in [3.05, 3.63) is 47.1 Å². The van der Waals surface area contributed by atoms with E-state index in [1.54, 1.807) is 0 Å². The smallest absolute Gasteiger partial charge is 0.265 e. The summed E-state index contributed by atoms with van der Waals surface area (Å²) in [4.78, 5) is 0. The van der Waals surface area contributed by atoms with Crippen molar-refractivity contribution in [1.29, 1.82) is 0 Å². The number of nitrogens with zero attached hydrogens (tertiary/aromatic N) is 2. The van der Waals surface area contributed by atoms with Gasteiger partial charge in [-0.1, -0.05) is 48.0 Å². The third-order valence-corrected chi connectivity index (χ3v) is 2.71. The maximum atomic E-state index is 5.72. The summed E-state index contributed by atoms with van der Waals surface area (Å²) in [5.41, 5.74) is 1.13. The topological polar surface area (TPSA) is 35.0 Å². The highest BCUT2D eigenvalue weighted by molar-refractivity contribution is 6.99. The first-order valence-electron chi connectivity index (χ1n) is 4.69. The van der Waals surface area contributed by atoms with E-state index in [9.17, 15) is 0 Å². The number of ether oxygens (including phenoxy) is 1. The molecule has 16 heavy (non-hydrogen) atoms. The lowest BCUT2D eigenvalue weighted by Crippen LogP contribution is -1.93. The first kappa shape index (κ1) is 11.1. The molecule has 0 aliphatic heterocycles. The molecule has 0 fully saturated rings.